The van der Waals surface area contributed by atoms with Gasteiger partial charge in [-0.15, -0.1) is 0 Å². The van der Waals surface area contributed by atoms with Crippen LogP contribution >= 0.6 is 31.9 Å². The molecule has 0 saturated heterocycles. The van der Waals surface area contributed by atoms with Crippen LogP contribution in [0.15, 0.2) is 62.6 Å². The van der Waals surface area contributed by atoms with E-state index in [0.717, 1.165) is 30.8 Å². The van der Waals surface area contributed by atoms with E-state index in [4.69, 9.17) is 9.47 Å². The number of fused-ring (bicyclic) bond motifs is 2. The minimum atomic E-state index is -0.185. The molecular formula is C20H14Br2N2O3. The zero-order chi connectivity index (χ0) is 18.8. The number of halogens is 2. The van der Waals surface area contributed by atoms with Crippen LogP contribution in [-0.4, -0.2) is 18.9 Å². The fourth-order valence-electron chi connectivity index (χ4n) is 2.90. The summed E-state index contributed by atoms with van der Waals surface area (Å²) in [5.41, 5.74) is 4.32. The maximum atomic E-state index is 12.3. The molecule has 0 aliphatic carbocycles. The highest BCUT2D eigenvalue weighted by atomic mass is 79.9. The molecule has 1 aliphatic rings. The highest BCUT2D eigenvalue weighted by Gasteiger charge is 2.15. The Balaban J connectivity index is 1.47. The Kier molecular flexibility index (Phi) is 5.13. The van der Waals surface area contributed by atoms with Crippen molar-refractivity contribution in [1.29, 1.82) is 0 Å². The number of amides is 1. The minimum absolute atomic E-state index is 0.185. The molecule has 0 saturated carbocycles. The molecule has 5 nitrogen and oxygen atoms in total. The fourth-order valence-corrected chi connectivity index (χ4v) is 3.80. The van der Waals surface area contributed by atoms with Crippen LogP contribution in [0, 0.1) is 0 Å². The first-order valence-electron chi connectivity index (χ1n) is 8.19. The molecule has 7 heteroatoms. The fraction of sp³-hybridized carbons (Fsp3) is 0.100. The second kappa shape index (κ2) is 7.70. The zero-order valence-electron chi connectivity index (χ0n) is 14.0. The van der Waals surface area contributed by atoms with Gasteiger partial charge in [-0.2, -0.15) is 5.10 Å². The van der Waals surface area contributed by atoms with Gasteiger partial charge in [-0.3, -0.25) is 4.79 Å². The highest BCUT2D eigenvalue weighted by Crippen LogP contribution is 2.36. The summed E-state index contributed by atoms with van der Waals surface area (Å²) in [6.07, 6.45) is 1.82. The van der Waals surface area contributed by atoms with Crippen LogP contribution in [0.5, 0.6) is 11.5 Å². The van der Waals surface area contributed by atoms with Gasteiger partial charge in [0.15, 0.2) is 11.5 Å². The van der Waals surface area contributed by atoms with Crippen molar-refractivity contribution in [2.75, 3.05) is 6.79 Å². The van der Waals surface area contributed by atoms with E-state index in [9.17, 15) is 4.79 Å². The molecule has 1 aliphatic heterocycles. The molecule has 3 aromatic rings. The van der Waals surface area contributed by atoms with Crippen LogP contribution < -0.4 is 14.9 Å². The van der Waals surface area contributed by atoms with Crippen LogP contribution in [0.1, 0.15) is 11.1 Å². The predicted molar refractivity (Wildman–Crippen MR) is 111 cm³/mol. The van der Waals surface area contributed by atoms with E-state index in [2.05, 4.69) is 42.4 Å². The van der Waals surface area contributed by atoms with E-state index >= 15 is 0 Å². The first kappa shape index (κ1) is 18.0. The quantitative estimate of drug-likeness (QED) is 0.423. The lowest BCUT2D eigenvalue weighted by molar-refractivity contribution is -0.120. The Hall–Kier alpha value is -2.38. The summed E-state index contributed by atoms with van der Waals surface area (Å²) >= 11 is 7.01. The van der Waals surface area contributed by atoms with Crippen molar-refractivity contribution in [2.45, 2.75) is 6.42 Å². The van der Waals surface area contributed by atoms with Gasteiger partial charge in [0, 0.05) is 14.5 Å². The van der Waals surface area contributed by atoms with Crippen molar-refractivity contribution in [3.05, 3.63) is 68.6 Å². The third-order valence-corrected chi connectivity index (χ3v) is 5.58. The average molecular weight is 490 g/mol. The number of carbonyl (C=O) groups excluding carboxylic acids is 1. The number of rotatable bonds is 4. The van der Waals surface area contributed by atoms with E-state index in [1.54, 1.807) is 6.21 Å². The highest BCUT2D eigenvalue weighted by molar-refractivity contribution is 9.11. The monoisotopic (exact) mass is 488 g/mol. The molecule has 3 aromatic carbocycles. The van der Waals surface area contributed by atoms with Crippen LogP contribution in [0.2, 0.25) is 0 Å². The average Bonchev–Trinajstić information content (AvgIpc) is 3.11. The Bertz CT molecular complexity index is 1070. The second-order valence-corrected chi connectivity index (χ2v) is 7.66. The van der Waals surface area contributed by atoms with E-state index < -0.39 is 0 Å². The lowest BCUT2D eigenvalue weighted by atomic mass is 10.0. The van der Waals surface area contributed by atoms with E-state index in [-0.39, 0.29) is 19.1 Å². The summed E-state index contributed by atoms with van der Waals surface area (Å²) in [5.74, 6) is 1.16. The molecule has 0 aromatic heterocycles. The Morgan fingerprint density at radius 2 is 1.78 bits per heavy atom. The molecule has 27 heavy (non-hydrogen) atoms. The van der Waals surface area contributed by atoms with Gasteiger partial charge in [0.1, 0.15) is 0 Å². The molecule has 1 amide bonds. The third kappa shape index (κ3) is 3.84. The van der Waals surface area contributed by atoms with E-state index in [1.807, 2.05) is 48.5 Å². The van der Waals surface area contributed by atoms with Crippen molar-refractivity contribution < 1.29 is 14.3 Å². The molecule has 0 radical (unpaired) electrons. The van der Waals surface area contributed by atoms with E-state index in [0.29, 0.717) is 11.5 Å². The summed E-state index contributed by atoms with van der Waals surface area (Å²) in [6, 6.07) is 15.5. The number of hydrogen-bond donors (Lipinski definition) is 1. The number of benzene rings is 3. The lowest BCUT2D eigenvalue weighted by Crippen LogP contribution is -2.20. The molecule has 0 fully saturated rings. The largest absolute Gasteiger partial charge is 0.454 e. The zero-order valence-corrected chi connectivity index (χ0v) is 17.2. The van der Waals surface area contributed by atoms with Gasteiger partial charge < -0.3 is 9.47 Å². The third-order valence-electron chi connectivity index (χ3n) is 4.20. The van der Waals surface area contributed by atoms with Gasteiger partial charge in [0.25, 0.3) is 0 Å². The second-order valence-electron chi connectivity index (χ2n) is 5.95. The maximum Gasteiger partial charge on any atom is 0.244 e. The lowest BCUT2D eigenvalue weighted by Gasteiger charge is -2.07. The molecule has 4 rings (SSSR count). The number of ether oxygens (including phenoxy) is 2. The summed E-state index contributed by atoms with van der Waals surface area (Å²) in [6.45, 7) is 0.209. The number of nitrogens with zero attached hydrogens (tertiary/aromatic N) is 1. The SMILES string of the molecule is O=C(Cc1ccc(Br)c2ccccc12)NN=Cc1cc2c(cc1Br)OCO2. The van der Waals surface area contributed by atoms with Crippen molar-refractivity contribution in [1.82, 2.24) is 5.43 Å². The normalized spacial score (nSPS) is 12.7. The standard InChI is InChI=1S/C20H14Br2N2O3/c21-16-6-5-12(14-3-1-2-4-15(14)16)8-20(25)24-23-10-13-7-18-19(9-17(13)22)27-11-26-18/h1-7,9-10H,8,11H2,(H,24,25). The van der Waals surface area contributed by atoms with Crippen molar-refractivity contribution in [2.24, 2.45) is 5.10 Å². The van der Waals surface area contributed by atoms with Gasteiger partial charge in [-0.1, -0.05) is 46.3 Å². The van der Waals surface area contributed by atoms with Gasteiger partial charge in [-0.25, -0.2) is 5.43 Å². The number of carbonyl (C=O) groups is 1. The number of nitrogens with one attached hydrogen (secondary N) is 1. The van der Waals surface area contributed by atoms with Gasteiger partial charge >= 0.3 is 0 Å². The summed E-state index contributed by atoms with van der Waals surface area (Å²) in [7, 11) is 0. The van der Waals surface area contributed by atoms with Crippen LogP contribution in [0.3, 0.4) is 0 Å². The Morgan fingerprint density at radius 1 is 1.04 bits per heavy atom. The van der Waals surface area contributed by atoms with Crippen LogP contribution in [0.4, 0.5) is 0 Å². The number of hydrogen-bond acceptors (Lipinski definition) is 4. The molecule has 1 heterocycles. The molecule has 0 atom stereocenters. The predicted octanol–water partition coefficient (Wildman–Crippen LogP) is 4.79. The summed E-state index contributed by atoms with van der Waals surface area (Å²) in [4.78, 5) is 12.3. The van der Waals surface area contributed by atoms with Crippen LogP contribution in [-0.2, 0) is 11.2 Å². The Morgan fingerprint density at radius 3 is 2.59 bits per heavy atom. The molecule has 0 bridgehead atoms. The smallest absolute Gasteiger partial charge is 0.244 e. The van der Waals surface area contributed by atoms with Crippen molar-refractivity contribution >= 4 is 54.8 Å². The Labute approximate surface area is 172 Å². The van der Waals surface area contributed by atoms with Gasteiger partial charge in [0.2, 0.25) is 12.7 Å². The molecular weight excluding hydrogens is 476 g/mol. The maximum absolute atomic E-state index is 12.3. The minimum Gasteiger partial charge on any atom is -0.454 e. The number of hydrazone groups is 1. The van der Waals surface area contributed by atoms with Crippen LogP contribution in [0.25, 0.3) is 10.8 Å². The first-order valence-corrected chi connectivity index (χ1v) is 9.77. The first-order chi connectivity index (χ1) is 13.1. The van der Waals surface area contributed by atoms with Crippen molar-refractivity contribution in [3.8, 4) is 11.5 Å². The molecule has 0 spiro atoms. The summed E-state index contributed by atoms with van der Waals surface area (Å²) < 4.78 is 12.5. The van der Waals surface area contributed by atoms with Crippen molar-refractivity contribution in [3.63, 3.8) is 0 Å². The van der Waals surface area contributed by atoms with E-state index in [1.165, 1.54) is 0 Å². The molecule has 136 valence electrons. The van der Waals surface area contributed by atoms with Gasteiger partial charge in [0.05, 0.1) is 12.6 Å². The molecule has 0 unspecified atom stereocenters. The summed E-state index contributed by atoms with van der Waals surface area (Å²) in [5, 5.41) is 6.19. The van der Waals surface area contributed by atoms with Gasteiger partial charge in [-0.05, 0) is 50.5 Å². The topological polar surface area (TPSA) is 59.9 Å². The molecule has 1 N–H and O–H groups in total.